The summed E-state index contributed by atoms with van der Waals surface area (Å²) in [5.41, 5.74) is 4.65. The molecule has 1 unspecified atom stereocenters. The van der Waals surface area contributed by atoms with E-state index in [1.54, 1.807) is 6.08 Å². The lowest BCUT2D eigenvalue weighted by molar-refractivity contribution is 0.207. The molecule has 0 bridgehead atoms. The van der Waals surface area contributed by atoms with Crippen molar-refractivity contribution in [3.05, 3.63) is 121 Å². The molecule has 0 radical (unpaired) electrons. The largest absolute Gasteiger partial charge is 0.473 e. The van der Waals surface area contributed by atoms with Crippen molar-refractivity contribution in [3.8, 4) is 0 Å². The molecule has 2 aromatic carbocycles. The van der Waals surface area contributed by atoms with Crippen LogP contribution in [0.15, 0.2) is 121 Å². The van der Waals surface area contributed by atoms with Crippen LogP contribution in [0.1, 0.15) is 13.8 Å². The molecule has 2 aromatic rings. The normalized spacial score (nSPS) is 17.0. The Balaban J connectivity index is 1.37. The van der Waals surface area contributed by atoms with Gasteiger partial charge < -0.3 is 19.3 Å². The fourth-order valence-electron chi connectivity index (χ4n) is 4.08. The van der Waals surface area contributed by atoms with Crippen molar-refractivity contribution in [2.45, 2.75) is 13.8 Å². The van der Waals surface area contributed by atoms with E-state index in [4.69, 9.17) is 9.47 Å². The van der Waals surface area contributed by atoms with Crippen LogP contribution in [0.25, 0.3) is 0 Å². The van der Waals surface area contributed by atoms with Gasteiger partial charge in [-0.15, -0.1) is 0 Å². The number of allylic oxidation sites excluding steroid dienone is 5. The summed E-state index contributed by atoms with van der Waals surface area (Å²) in [4.78, 5) is 4.47. The SMILES string of the molecule is C=C/C=C\C1=C(C)CN(c2ccc(Pc3ccc(N4COC(/C=C\C)=C(C=C)C4)cc3)cc2)CO1. The van der Waals surface area contributed by atoms with E-state index < -0.39 is 0 Å². The summed E-state index contributed by atoms with van der Waals surface area (Å²) < 4.78 is 11.9. The van der Waals surface area contributed by atoms with Crippen molar-refractivity contribution >= 4 is 30.6 Å². The lowest BCUT2D eigenvalue weighted by Gasteiger charge is -2.31. The molecule has 0 saturated heterocycles. The third-order valence-corrected chi connectivity index (χ3v) is 7.22. The Kier molecular flexibility index (Phi) is 8.28. The van der Waals surface area contributed by atoms with E-state index in [1.165, 1.54) is 21.9 Å². The Bertz CT molecular complexity index is 1170. The van der Waals surface area contributed by atoms with E-state index >= 15 is 0 Å². The molecule has 0 amide bonds. The molecule has 0 spiro atoms. The van der Waals surface area contributed by atoms with Crippen LogP contribution in [-0.2, 0) is 9.47 Å². The van der Waals surface area contributed by atoms with E-state index in [2.05, 4.69) is 78.4 Å². The van der Waals surface area contributed by atoms with Gasteiger partial charge in [0, 0.05) is 30.0 Å². The van der Waals surface area contributed by atoms with Crippen LogP contribution < -0.4 is 20.4 Å². The van der Waals surface area contributed by atoms with Gasteiger partial charge >= 0.3 is 0 Å². The van der Waals surface area contributed by atoms with Gasteiger partial charge in [-0.2, -0.15) is 0 Å². The van der Waals surface area contributed by atoms with Gasteiger partial charge in [0.25, 0.3) is 0 Å². The lowest BCUT2D eigenvalue weighted by Crippen LogP contribution is -2.32. The number of benzene rings is 2. The maximum absolute atomic E-state index is 5.93. The molecule has 5 heteroatoms. The number of ether oxygens (including phenoxy) is 2. The molecule has 0 aliphatic carbocycles. The molecular weight excluding hydrogens is 451 g/mol. The zero-order chi connectivity index (χ0) is 24.6. The maximum Gasteiger partial charge on any atom is 0.161 e. The maximum atomic E-state index is 5.93. The average Bonchev–Trinajstić information content (AvgIpc) is 2.89. The minimum atomic E-state index is 0.543. The van der Waals surface area contributed by atoms with E-state index in [-0.39, 0.29) is 0 Å². The zero-order valence-electron chi connectivity index (χ0n) is 20.5. The molecule has 0 fully saturated rings. The first-order chi connectivity index (χ1) is 17.1. The molecule has 0 saturated carbocycles. The van der Waals surface area contributed by atoms with Crippen molar-refractivity contribution in [3.63, 3.8) is 0 Å². The highest BCUT2D eigenvalue weighted by Crippen LogP contribution is 2.25. The number of anilines is 2. The third kappa shape index (κ3) is 6.15. The highest BCUT2D eigenvalue weighted by molar-refractivity contribution is 7.55. The molecule has 1 atom stereocenters. The lowest BCUT2D eigenvalue weighted by atomic mass is 10.1. The fraction of sp³-hybridized carbons (Fsp3) is 0.200. The van der Waals surface area contributed by atoms with E-state index in [0.29, 0.717) is 22.0 Å². The third-order valence-electron chi connectivity index (χ3n) is 5.98. The summed E-state index contributed by atoms with van der Waals surface area (Å²) in [5, 5.41) is 2.63. The van der Waals surface area contributed by atoms with E-state index in [0.717, 1.165) is 35.9 Å². The molecular formula is C30H33N2O2P. The molecule has 180 valence electrons. The Hall–Kier alpha value is -3.49. The smallest absolute Gasteiger partial charge is 0.161 e. The second-order valence-electron chi connectivity index (χ2n) is 8.49. The molecule has 2 aliphatic heterocycles. The Morgan fingerprint density at radius 2 is 1.37 bits per heavy atom. The predicted octanol–water partition coefficient (Wildman–Crippen LogP) is 5.94. The first kappa shape index (κ1) is 24.6. The van der Waals surface area contributed by atoms with Gasteiger partial charge in [0.05, 0.1) is 0 Å². The number of hydrogen-bond acceptors (Lipinski definition) is 4. The van der Waals surface area contributed by atoms with E-state index in [1.807, 2.05) is 37.3 Å². The molecule has 0 aromatic heterocycles. The van der Waals surface area contributed by atoms with Crippen LogP contribution >= 0.6 is 8.58 Å². The summed E-state index contributed by atoms with van der Waals surface area (Å²) in [6, 6.07) is 17.6. The Morgan fingerprint density at radius 1 is 0.800 bits per heavy atom. The molecule has 0 N–H and O–H groups in total. The van der Waals surface area contributed by atoms with Crippen molar-refractivity contribution in [1.82, 2.24) is 0 Å². The first-order valence-electron chi connectivity index (χ1n) is 11.8. The Labute approximate surface area is 211 Å². The van der Waals surface area contributed by atoms with Crippen molar-refractivity contribution in [2.24, 2.45) is 0 Å². The Morgan fingerprint density at radius 3 is 1.89 bits per heavy atom. The minimum absolute atomic E-state index is 0.543. The number of rotatable bonds is 8. The average molecular weight is 485 g/mol. The number of nitrogens with zero attached hydrogens (tertiary/aromatic N) is 2. The van der Waals surface area contributed by atoms with Crippen molar-refractivity contribution in [1.29, 1.82) is 0 Å². The van der Waals surface area contributed by atoms with Crippen LogP contribution in [0.2, 0.25) is 0 Å². The molecule has 35 heavy (non-hydrogen) atoms. The van der Waals surface area contributed by atoms with Crippen molar-refractivity contribution in [2.75, 3.05) is 36.4 Å². The second kappa shape index (κ2) is 11.8. The molecule has 4 rings (SSSR count). The van der Waals surface area contributed by atoms with Gasteiger partial charge in [0.15, 0.2) is 13.5 Å². The highest BCUT2D eigenvalue weighted by atomic mass is 31.1. The van der Waals surface area contributed by atoms with Crippen molar-refractivity contribution < 1.29 is 9.47 Å². The molecule has 2 heterocycles. The first-order valence-corrected chi connectivity index (χ1v) is 12.8. The summed E-state index contributed by atoms with van der Waals surface area (Å²) in [7, 11) is 0.607. The van der Waals surface area contributed by atoms with Gasteiger partial charge in [-0.25, -0.2) is 0 Å². The molecule has 4 nitrogen and oxygen atoms in total. The minimum Gasteiger partial charge on any atom is -0.473 e. The predicted molar refractivity (Wildman–Crippen MR) is 151 cm³/mol. The topological polar surface area (TPSA) is 24.9 Å². The van der Waals surface area contributed by atoms with E-state index in [9.17, 15) is 0 Å². The van der Waals surface area contributed by atoms with Gasteiger partial charge in [0.1, 0.15) is 11.5 Å². The van der Waals surface area contributed by atoms with Gasteiger partial charge in [0.2, 0.25) is 0 Å². The van der Waals surface area contributed by atoms with Gasteiger partial charge in [-0.1, -0.05) is 70.3 Å². The quantitative estimate of drug-likeness (QED) is 0.342. The summed E-state index contributed by atoms with van der Waals surface area (Å²) >= 11 is 0. The highest BCUT2D eigenvalue weighted by Gasteiger charge is 2.18. The summed E-state index contributed by atoms with van der Waals surface area (Å²) in [5.74, 6) is 1.85. The van der Waals surface area contributed by atoms with Crippen LogP contribution in [0.4, 0.5) is 11.4 Å². The fourth-order valence-corrected chi connectivity index (χ4v) is 5.08. The second-order valence-corrected chi connectivity index (χ2v) is 9.90. The van der Waals surface area contributed by atoms with Crippen LogP contribution in [-0.4, -0.2) is 26.6 Å². The standard InChI is InChI=1S/C30H33N2O2P/c1-5-8-10-29-23(4)19-31(21-33-29)25-11-15-27(16-12-25)35-28-17-13-26(14-18-28)32-20-24(7-3)30(9-6-2)34-22-32/h5-18,35H,1,3,19-22H2,2,4H3/b9-6-,10-8-. The molecule has 2 aliphatic rings. The van der Waals surface area contributed by atoms with Gasteiger partial charge in [-0.05, 0) is 66.4 Å². The zero-order valence-corrected chi connectivity index (χ0v) is 21.5. The van der Waals surface area contributed by atoms with Gasteiger partial charge in [-0.3, -0.25) is 0 Å². The van der Waals surface area contributed by atoms with Crippen LogP contribution in [0.3, 0.4) is 0 Å². The van der Waals surface area contributed by atoms with Crippen LogP contribution in [0.5, 0.6) is 0 Å². The summed E-state index contributed by atoms with van der Waals surface area (Å²) in [6.45, 7) is 14.5. The summed E-state index contributed by atoms with van der Waals surface area (Å²) in [6.07, 6.45) is 11.5. The van der Waals surface area contributed by atoms with Crippen LogP contribution in [0, 0.1) is 0 Å². The monoisotopic (exact) mass is 484 g/mol. The number of hydrogen-bond donors (Lipinski definition) is 0.